The molecule has 0 aliphatic carbocycles. The Balaban J connectivity index is 1.71. The van der Waals surface area contributed by atoms with E-state index in [-0.39, 0.29) is 36.6 Å². The van der Waals surface area contributed by atoms with Crippen molar-refractivity contribution in [3.8, 4) is 0 Å². The summed E-state index contributed by atoms with van der Waals surface area (Å²) in [5, 5.41) is 5.19. The zero-order valence-electron chi connectivity index (χ0n) is 21.4. The highest BCUT2D eigenvalue weighted by Gasteiger charge is 2.52. The molecular weight excluding hydrogens is 466 g/mol. The zero-order chi connectivity index (χ0) is 26.6. The number of hydrogen-bond acceptors (Lipinski definition) is 7. The van der Waals surface area contributed by atoms with Gasteiger partial charge in [0.25, 0.3) is 5.91 Å². The van der Waals surface area contributed by atoms with Crippen molar-refractivity contribution in [3.05, 3.63) is 29.8 Å². The average molecular weight is 502 g/mol. The normalized spacial score (nSPS) is 19.7. The van der Waals surface area contributed by atoms with Crippen LogP contribution < -0.4 is 15.5 Å². The van der Waals surface area contributed by atoms with Gasteiger partial charge < -0.3 is 30.1 Å². The fraction of sp³-hybridized carbons (Fsp3) is 0.560. The molecule has 0 aromatic heterocycles. The van der Waals surface area contributed by atoms with Gasteiger partial charge in [0.2, 0.25) is 11.8 Å². The van der Waals surface area contributed by atoms with E-state index in [1.54, 1.807) is 12.1 Å². The number of alkyl carbamates (subject to hydrolysis) is 1. The van der Waals surface area contributed by atoms with Gasteiger partial charge in [0.15, 0.2) is 5.78 Å². The summed E-state index contributed by atoms with van der Waals surface area (Å²) in [6.45, 7) is 3.80. The van der Waals surface area contributed by atoms with Crippen molar-refractivity contribution >= 4 is 35.3 Å². The minimum atomic E-state index is -0.802. The maximum absolute atomic E-state index is 13.6. The number of ether oxygens (including phenoxy) is 1. The topological polar surface area (TPSA) is 128 Å². The van der Waals surface area contributed by atoms with Gasteiger partial charge in [-0.25, -0.2) is 4.79 Å². The predicted molar refractivity (Wildman–Crippen MR) is 133 cm³/mol. The molecule has 1 unspecified atom stereocenters. The van der Waals surface area contributed by atoms with Crippen molar-refractivity contribution in [2.24, 2.45) is 5.92 Å². The summed E-state index contributed by atoms with van der Waals surface area (Å²) in [4.78, 5) is 68.2. The standard InChI is InChI=1S/C25H35N5O6/c1-15(2)12-18(27-23(33)16-6-8-17(9-7-16)28(3)4)24(34)29-11-10-19-22(29)20(31)14-30(19)21(32)13-26-25(35)36-5/h6-9,15,18-19,22H,10-14H2,1-5H3,(H,26,35)(H,27,33)/t18-,19+,22?/m0/s1. The fourth-order valence-corrected chi connectivity index (χ4v) is 4.76. The Kier molecular flexibility index (Phi) is 8.54. The molecule has 36 heavy (non-hydrogen) atoms. The van der Waals surface area contributed by atoms with Crippen LogP contribution in [-0.2, 0) is 19.1 Å². The van der Waals surface area contributed by atoms with Crippen LogP contribution in [-0.4, -0.2) is 98.4 Å². The monoisotopic (exact) mass is 501 g/mol. The van der Waals surface area contributed by atoms with Gasteiger partial charge in [-0.2, -0.15) is 0 Å². The Morgan fingerprint density at radius 2 is 1.78 bits per heavy atom. The van der Waals surface area contributed by atoms with Gasteiger partial charge in [-0.3, -0.25) is 19.2 Å². The largest absolute Gasteiger partial charge is 0.453 e. The highest BCUT2D eigenvalue weighted by Crippen LogP contribution is 2.30. The first-order valence-corrected chi connectivity index (χ1v) is 12.1. The number of nitrogens with one attached hydrogen (secondary N) is 2. The summed E-state index contributed by atoms with van der Waals surface area (Å²) in [7, 11) is 5.01. The molecule has 0 saturated carbocycles. The van der Waals surface area contributed by atoms with Crippen LogP contribution in [0.25, 0.3) is 0 Å². The molecule has 2 N–H and O–H groups in total. The molecule has 2 heterocycles. The lowest BCUT2D eigenvalue weighted by Crippen LogP contribution is -2.53. The second kappa shape index (κ2) is 11.4. The van der Waals surface area contributed by atoms with E-state index in [9.17, 15) is 24.0 Å². The van der Waals surface area contributed by atoms with Crippen molar-refractivity contribution in [3.63, 3.8) is 0 Å². The first-order valence-electron chi connectivity index (χ1n) is 12.1. The maximum Gasteiger partial charge on any atom is 0.407 e. The van der Waals surface area contributed by atoms with E-state index in [2.05, 4.69) is 15.4 Å². The number of fused-ring (bicyclic) bond motifs is 1. The molecule has 2 aliphatic heterocycles. The minimum absolute atomic E-state index is 0.121. The smallest absolute Gasteiger partial charge is 0.407 e. The van der Waals surface area contributed by atoms with Crippen molar-refractivity contribution < 1.29 is 28.7 Å². The van der Waals surface area contributed by atoms with Crippen LogP contribution in [0.2, 0.25) is 0 Å². The van der Waals surface area contributed by atoms with Crippen LogP contribution in [0.5, 0.6) is 0 Å². The summed E-state index contributed by atoms with van der Waals surface area (Å²) < 4.78 is 4.48. The Morgan fingerprint density at radius 3 is 2.36 bits per heavy atom. The SMILES string of the molecule is COC(=O)NCC(=O)N1CC(=O)C2[C@H]1CCN2C(=O)[C@H](CC(C)C)NC(=O)c1ccc(N(C)C)cc1. The van der Waals surface area contributed by atoms with Gasteiger partial charge in [-0.05, 0) is 43.0 Å². The lowest BCUT2D eigenvalue weighted by molar-refractivity contribution is -0.138. The van der Waals surface area contributed by atoms with Crippen molar-refractivity contribution in [1.29, 1.82) is 0 Å². The number of carbonyl (C=O) groups excluding carboxylic acids is 5. The van der Waals surface area contributed by atoms with Crippen LogP contribution in [0.1, 0.15) is 37.0 Å². The number of anilines is 1. The molecule has 0 bridgehead atoms. The molecule has 0 radical (unpaired) electrons. The molecule has 3 rings (SSSR count). The number of hydrogen-bond donors (Lipinski definition) is 2. The number of nitrogens with zero attached hydrogens (tertiary/aromatic N) is 3. The third kappa shape index (κ3) is 5.95. The highest BCUT2D eigenvalue weighted by molar-refractivity contribution is 6.01. The third-order valence-corrected chi connectivity index (χ3v) is 6.55. The summed E-state index contributed by atoms with van der Waals surface area (Å²) in [5.41, 5.74) is 1.39. The summed E-state index contributed by atoms with van der Waals surface area (Å²) in [6, 6.07) is 5.06. The molecule has 2 aliphatic rings. The first kappa shape index (κ1) is 27.0. The van der Waals surface area contributed by atoms with Crippen LogP contribution in [0.3, 0.4) is 0 Å². The van der Waals surface area contributed by atoms with Gasteiger partial charge in [0.1, 0.15) is 18.6 Å². The first-order chi connectivity index (χ1) is 17.0. The Morgan fingerprint density at radius 1 is 1.11 bits per heavy atom. The molecule has 11 nitrogen and oxygen atoms in total. The van der Waals surface area contributed by atoms with Crippen LogP contribution in [0.15, 0.2) is 24.3 Å². The number of ketones is 1. The van der Waals surface area contributed by atoms with Crippen LogP contribution in [0, 0.1) is 5.92 Å². The molecule has 196 valence electrons. The van der Waals surface area contributed by atoms with Gasteiger partial charge in [0.05, 0.1) is 19.7 Å². The summed E-state index contributed by atoms with van der Waals surface area (Å²) in [5.74, 6) is -1.21. The zero-order valence-corrected chi connectivity index (χ0v) is 21.4. The lowest BCUT2D eigenvalue weighted by atomic mass is 10.0. The molecule has 3 atom stereocenters. The quantitative estimate of drug-likeness (QED) is 0.535. The summed E-state index contributed by atoms with van der Waals surface area (Å²) in [6.07, 6.45) is 0.117. The van der Waals surface area contributed by atoms with E-state index < -0.39 is 30.1 Å². The second-order valence-corrected chi connectivity index (χ2v) is 9.76. The molecule has 1 aromatic rings. The van der Waals surface area contributed by atoms with Crippen molar-refractivity contribution in [1.82, 2.24) is 20.4 Å². The van der Waals surface area contributed by atoms with E-state index in [4.69, 9.17) is 0 Å². The van der Waals surface area contributed by atoms with Crippen LogP contribution in [0.4, 0.5) is 10.5 Å². The van der Waals surface area contributed by atoms with E-state index in [0.29, 0.717) is 24.9 Å². The molecular formula is C25H35N5O6. The third-order valence-electron chi connectivity index (χ3n) is 6.55. The average Bonchev–Trinajstić information content (AvgIpc) is 3.42. The van der Waals surface area contributed by atoms with Gasteiger partial charge in [0, 0.05) is 31.9 Å². The Labute approximate surface area is 211 Å². The van der Waals surface area contributed by atoms with E-state index in [1.165, 1.54) is 16.9 Å². The Hall–Kier alpha value is -3.63. The molecule has 2 saturated heterocycles. The number of likely N-dealkylation sites (tertiary alicyclic amines) is 2. The summed E-state index contributed by atoms with van der Waals surface area (Å²) >= 11 is 0. The number of amides is 4. The molecule has 1 aromatic carbocycles. The number of methoxy groups -OCH3 is 1. The number of benzene rings is 1. The van der Waals surface area contributed by atoms with Crippen molar-refractivity contribution in [2.75, 3.05) is 45.7 Å². The van der Waals surface area contributed by atoms with Crippen molar-refractivity contribution in [2.45, 2.75) is 44.8 Å². The Bertz CT molecular complexity index is 1010. The van der Waals surface area contributed by atoms with Crippen LogP contribution >= 0.6 is 0 Å². The van der Waals surface area contributed by atoms with E-state index in [0.717, 1.165) is 5.69 Å². The predicted octanol–water partition coefficient (Wildman–Crippen LogP) is 0.634. The molecule has 2 fully saturated rings. The highest BCUT2D eigenvalue weighted by atomic mass is 16.5. The molecule has 11 heteroatoms. The number of rotatable bonds is 8. The number of carbonyl (C=O) groups is 5. The molecule has 4 amide bonds. The second-order valence-electron chi connectivity index (χ2n) is 9.76. The van der Waals surface area contributed by atoms with Gasteiger partial charge in [-0.1, -0.05) is 13.8 Å². The fourth-order valence-electron chi connectivity index (χ4n) is 4.76. The maximum atomic E-state index is 13.6. The molecule has 0 spiro atoms. The van der Waals surface area contributed by atoms with E-state index >= 15 is 0 Å². The van der Waals surface area contributed by atoms with Gasteiger partial charge in [-0.15, -0.1) is 0 Å². The lowest BCUT2D eigenvalue weighted by Gasteiger charge is -2.29. The number of Topliss-reactive ketones (excluding diaryl/α,β-unsaturated/α-hetero) is 1. The van der Waals surface area contributed by atoms with E-state index in [1.807, 2.05) is 45.0 Å². The minimum Gasteiger partial charge on any atom is -0.453 e. The van der Waals surface area contributed by atoms with Gasteiger partial charge >= 0.3 is 6.09 Å².